The number of methoxy groups -OCH3 is 1. The molecule has 1 aromatic carbocycles. The predicted octanol–water partition coefficient (Wildman–Crippen LogP) is 2.58. The lowest BCUT2D eigenvalue weighted by Gasteiger charge is -2.24. The van der Waals surface area contributed by atoms with E-state index in [0.29, 0.717) is 37.7 Å². The van der Waals surface area contributed by atoms with Gasteiger partial charge in [-0.15, -0.1) is 0 Å². The molecule has 0 radical (unpaired) electrons. The molecule has 0 aliphatic carbocycles. The third-order valence-corrected chi connectivity index (χ3v) is 3.56. The number of rotatable bonds is 7. The van der Waals surface area contributed by atoms with Crippen LogP contribution < -0.4 is 10.9 Å². The van der Waals surface area contributed by atoms with E-state index in [2.05, 4.69) is 5.32 Å². The SMILES string of the molecule is COCCOCCn1c(NC(C)(C)C)nc2c(C)cccc2c1=O. The van der Waals surface area contributed by atoms with E-state index in [-0.39, 0.29) is 11.1 Å². The molecule has 6 heteroatoms. The number of anilines is 1. The molecule has 0 saturated carbocycles. The minimum Gasteiger partial charge on any atom is -0.382 e. The van der Waals surface area contributed by atoms with Crippen molar-refractivity contribution in [2.45, 2.75) is 39.8 Å². The molecule has 0 bridgehead atoms. The molecule has 1 aromatic heterocycles. The van der Waals surface area contributed by atoms with E-state index < -0.39 is 0 Å². The summed E-state index contributed by atoms with van der Waals surface area (Å²) in [4.78, 5) is 17.6. The lowest BCUT2D eigenvalue weighted by Crippen LogP contribution is -2.34. The van der Waals surface area contributed by atoms with Crippen LogP contribution in [0.2, 0.25) is 0 Å². The molecule has 0 amide bonds. The van der Waals surface area contributed by atoms with Crippen LogP contribution in [0.1, 0.15) is 26.3 Å². The average Bonchev–Trinajstić information content (AvgIpc) is 2.49. The van der Waals surface area contributed by atoms with Crippen LogP contribution in [0.15, 0.2) is 23.0 Å². The fraction of sp³-hybridized carbons (Fsp3) is 0.556. The zero-order valence-corrected chi connectivity index (χ0v) is 15.2. The summed E-state index contributed by atoms with van der Waals surface area (Å²) in [6.07, 6.45) is 0. The molecule has 0 saturated heterocycles. The lowest BCUT2D eigenvalue weighted by atomic mass is 10.1. The number of fused-ring (bicyclic) bond motifs is 1. The van der Waals surface area contributed by atoms with Crippen LogP contribution in [0.25, 0.3) is 10.9 Å². The van der Waals surface area contributed by atoms with Gasteiger partial charge in [-0.05, 0) is 39.3 Å². The number of hydrogen-bond donors (Lipinski definition) is 1. The van der Waals surface area contributed by atoms with Gasteiger partial charge in [0.1, 0.15) is 0 Å². The van der Waals surface area contributed by atoms with Crippen molar-refractivity contribution in [3.8, 4) is 0 Å². The first kappa shape index (κ1) is 18.4. The normalized spacial score (nSPS) is 11.9. The molecular formula is C18H27N3O3. The second-order valence-corrected chi connectivity index (χ2v) is 6.84. The van der Waals surface area contributed by atoms with Gasteiger partial charge in [-0.2, -0.15) is 0 Å². The van der Waals surface area contributed by atoms with Crippen LogP contribution in [0.3, 0.4) is 0 Å². The highest BCUT2D eigenvalue weighted by Crippen LogP contribution is 2.18. The van der Waals surface area contributed by atoms with E-state index in [0.717, 1.165) is 11.1 Å². The molecule has 0 atom stereocenters. The topological polar surface area (TPSA) is 65.4 Å². The Balaban J connectivity index is 2.40. The van der Waals surface area contributed by atoms with Gasteiger partial charge in [0.05, 0.1) is 37.3 Å². The maximum Gasteiger partial charge on any atom is 0.262 e. The van der Waals surface area contributed by atoms with E-state index in [4.69, 9.17) is 14.5 Å². The Labute approximate surface area is 142 Å². The van der Waals surface area contributed by atoms with Crippen LogP contribution in [0.4, 0.5) is 5.95 Å². The minimum atomic E-state index is -0.200. The van der Waals surface area contributed by atoms with Crippen LogP contribution in [-0.4, -0.2) is 42.0 Å². The summed E-state index contributed by atoms with van der Waals surface area (Å²) >= 11 is 0. The summed E-state index contributed by atoms with van der Waals surface area (Å²) in [7, 11) is 1.63. The van der Waals surface area contributed by atoms with Crippen LogP contribution in [-0.2, 0) is 16.0 Å². The number of para-hydroxylation sites is 1. The maximum atomic E-state index is 12.9. The van der Waals surface area contributed by atoms with Crippen molar-refractivity contribution < 1.29 is 9.47 Å². The molecule has 0 aliphatic heterocycles. The number of benzene rings is 1. The maximum absolute atomic E-state index is 12.9. The molecule has 2 rings (SSSR count). The van der Waals surface area contributed by atoms with E-state index in [1.54, 1.807) is 11.7 Å². The second-order valence-electron chi connectivity index (χ2n) is 6.84. The number of aromatic nitrogens is 2. The zero-order chi connectivity index (χ0) is 17.7. The Morgan fingerprint density at radius 2 is 1.96 bits per heavy atom. The number of aryl methyl sites for hydroxylation is 1. The van der Waals surface area contributed by atoms with Crippen LogP contribution in [0.5, 0.6) is 0 Å². The number of nitrogens with zero attached hydrogens (tertiary/aromatic N) is 2. The highest BCUT2D eigenvalue weighted by atomic mass is 16.5. The van der Waals surface area contributed by atoms with Gasteiger partial charge in [-0.1, -0.05) is 12.1 Å². The molecule has 1 heterocycles. The van der Waals surface area contributed by atoms with E-state index in [1.165, 1.54) is 0 Å². The Bertz CT molecular complexity index is 747. The smallest absolute Gasteiger partial charge is 0.262 e. The summed E-state index contributed by atoms with van der Waals surface area (Å²) in [6.45, 7) is 10.0. The Morgan fingerprint density at radius 3 is 2.62 bits per heavy atom. The summed E-state index contributed by atoms with van der Waals surface area (Å²) in [5, 5.41) is 3.96. The molecule has 0 fully saturated rings. The summed E-state index contributed by atoms with van der Waals surface area (Å²) < 4.78 is 12.1. The zero-order valence-electron chi connectivity index (χ0n) is 15.2. The largest absolute Gasteiger partial charge is 0.382 e. The highest BCUT2D eigenvalue weighted by molar-refractivity contribution is 5.81. The van der Waals surface area contributed by atoms with Crippen molar-refractivity contribution in [3.05, 3.63) is 34.1 Å². The first-order valence-electron chi connectivity index (χ1n) is 8.18. The predicted molar refractivity (Wildman–Crippen MR) is 96.8 cm³/mol. The van der Waals surface area contributed by atoms with Crippen molar-refractivity contribution in [2.75, 3.05) is 32.2 Å². The van der Waals surface area contributed by atoms with E-state index >= 15 is 0 Å². The first-order chi connectivity index (χ1) is 11.3. The summed E-state index contributed by atoms with van der Waals surface area (Å²) in [6, 6.07) is 5.67. The quantitative estimate of drug-likeness (QED) is 0.789. The minimum absolute atomic E-state index is 0.0502. The molecule has 2 aromatic rings. The highest BCUT2D eigenvalue weighted by Gasteiger charge is 2.17. The van der Waals surface area contributed by atoms with Crippen molar-refractivity contribution >= 4 is 16.9 Å². The fourth-order valence-electron chi connectivity index (χ4n) is 2.43. The van der Waals surface area contributed by atoms with Gasteiger partial charge in [-0.3, -0.25) is 9.36 Å². The van der Waals surface area contributed by atoms with E-state index in [9.17, 15) is 4.79 Å². The van der Waals surface area contributed by atoms with Crippen molar-refractivity contribution in [1.29, 1.82) is 0 Å². The van der Waals surface area contributed by atoms with Gasteiger partial charge in [0, 0.05) is 12.6 Å². The third-order valence-electron chi connectivity index (χ3n) is 3.56. The van der Waals surface area contributed by atoms with Crippen molar-refractivity contribution in [1.82, 2.24) is 9.55 Å². The van der Waals surface area contributed by atoms with E-state index in [1.807, 2.05) is 45.9 Å². The Morgan fingerprint density at radius 1 is 1.21 bits per heavy atom. The molecular weight excluding hydrogens is 306 g/mol. The summed E-state index contributed by atoms with van der Waals surface area (Å²) in [5.74, 6) is 0.574. The number of hydrogen-bond acceptors (Lipinski definition) is 5. The van der Waals surface area contributed by atoms with Gasteiger partial charge >= 0.3 is 0 Å². The monoisotopic (exact) mass is 333 g/mol. The third kappa shape index (κ3) is 4.55. The lowest BCUT2D eigenvalue weighted by molar-refractivity contribution is 0.0664. The molecule has 132 valence electrons. The molecule has 1 N–H and O–H groups in total. The Kier molecular flexibility index (Phi) is 5.96. The molecule has 6 nitrogen and oxygen atoms in total. The molecule has 0 unspecified atom stereocenters. The van der Waals surface area contributed by atoms with Gasteiger partial charge in [-0.25, -0.2) is 4.98 Å². The van der Waals surface area contributed by atoms with Gasteiger partial charge in [0.25, 0.3) is 5.56 Å². The van der Waals surface area contributed by atoms with Gasteiger partial charge < -0.3 is 14.8 Å². The van der Waals surface area contributed by atoms with Crippen LogP contribution >= 0.6 is 0 Å². The van der Waals surface area contributed by atoms with Crippen LogP contribution in [0, 0.1) is 6.92 Å². The average molecular weight is 333 g/mol. The Hall–Kier alpha value is -1.92. The van der Waals surface area contributed by atoms with Gasteiger partial charge in [0.15, 0.2) is 0 Å². The fourth-order valence-corrected chi connectivity index (χ4v) is 2.43. The molecule has 24 heavy (non-hydrogen) atoms. The van der Waals surface area contributed by atoms with Crippen molar-refractivity contribution in [3.63, 3.8) is 0 Å². The van der Waals surface area contributed by atoms with Crippen molar-refractivity contribution in [2.24, 2.45) is 0 Å². The number of nitrogens with one attached hydrogen (secondary N) is 1. The molecule has 0 spiro atoms. The number of ether oxygens (including phenoxy) is 2. The van der Waals surface area contributed by atoms with Gasteiger partial charge in [0.2, 0.25) is 5.95 Å². The second kappa shape index (κ2) is 7.77. The molecule has 0 aliphatic rings. The summed E-state index contributed by atoms with van der Waals surface area (Å²) in [5.41, 5.74) is 1.48. The first-order valence-corrected chi connectivity index (χ1v) is 8.18. The standard InChI is InChI=1S/C18H27N3O3/c1-13-7-6-8-14-15(13)19-17(20-18(2,3)4)21(16(14)22)9-10-24-12-11-23-5/h6-8H,9-12H2,1-5H3,(H,19,20).